The molecule has 0 saturated heterocycles. The van der Waals surface area contributed by atoms with Gasteiger partial charge in [-0.1, -0.05) is 0 Å². The average molecular weight is 389 g/mol. The molecule has 138 valence electrons. The van der Waals surface area contributed by atoms with Gasteiger partial charge in [-0.2, -0.15) is 5.10 Å². The van der Waals surface area contributed by atoms with E-state index in [4.69, 9.17) is 0 Å². The molecule has 0 aromatic carbocycles. The number of nitrogens with zero attached hydrogens (tertiary/aromatic N) is 3. The molecule has 1 unspecified atom stereocenters. The van der Waals surface area contributed by atoms with Crippen LogP contribution in [0.4, 0.5) is 5.69 Å². The largest absolute Gasteiger partial charge is 0.354 e. The van der Waals surface area contributed by atoms with Gasteiger partial charge in [-0.25, -0.2) is 0 Å². The van der Waals surface area contributed by atoms with Gasteiger partial charge >= 0.3 is 0 Å². The molecule has 1 atom stereocenters. The molecule has 0 bridgehead atoms. The fraction of sp³-hybridized carbons (Fsp3) is 0.333. The van der Waals surface area contributed by atoms with E-state index in [2.05, 4.69) is 26.0 Å². The molecule has 2 heterocycles. The summed E-state index contributed by atoms with van der Waals surface area (Å²) in [5.41, 5.74) is 1.45. The molecule has 3 N–H and O–H groups in total. The summed E-state index contributed by atoms with van der Waals surface area (Å²) < 4.78 is 1.63. The highest BCUT2D eigenvalue weighted by molar-refractivity contribution is 5.91. The van der Waals surface area contributed by atoms with Crippen LogP contribution in [0.25, 0.3) is 0 Å². The number of aromatic nitrogens is 3. The van der Waals surface area contributed by atoms with E-state index in [9.17, 15) is 9.59 Å². The smallest absolute Gasteiger partial charge is 0.241 e. The second kappa shape index (κ2) is 11.4. The van der Waals surface area contributed by atoms with Crippen LogP contribution >= 0.6 is 24.8 Å². The second-order valence-corrected chi connectivity index (χ2v) is 4.99. The first-order chi connectivity index (χ1) is 11.1. The molecule has 0 aliphatic rings. The maximum atomic E-state index is 12.2. The number of hydrogen-bond donors (Lipinski definition) is 3. The molecule has 0 spiro atoms. The van der Waals surface area contributed by atoms with Crippen molar-refractivity contribution in [3.8, 4) is 0 Å². The highest BCUT2D eigenvalue weighted by Gasteiger charge is 2.19. The first-order valence-corrected chi connectivity index (χ1v) is 7.23. The summed E-state index contributed by atoms with van der Waals surface area (Å²) >= 11 is 0. The summed E-state index contributed by atoms with van der Waals surface area (Å²) in [6, 6.07) is 2.92. The van der Waals surface area contributed by atoms with Crippen LogP contribution in [-0.4, -0.2) is 40.2 Å². The van der Waals surface area contributed by atoms with E-state index in [-0.39, 0.29) is 49.6 Å². The molecule has 2 amide bonds. The van der Waals surface area contributed by atoms with Crippen molar-refractivity contribution in [3.05, 3.63) is 42.5 Å². The van der Waals surface area contributed by atoms with Crippen molar-refractivity contribution in [3.63, 3.8) is 0 Å². The number of pyridine rings is 1. The van der Waals surface area contributed by atoms with Crippen molar-refractivity contribution in [1.29, 1.82) is 0 Å². The molecule has 10 heteroatoms. The molecule has 0 fully saturated rings. The lowest BCUT2D eigenvalue weighted by molar-refractivity contribution is -0.123. The molecular weight excluding hydrogens is 367 g/mol. The summed E-state index contributed by atoms with van der Waals surface area (Å²) in [7, 11) is 3.49. The van der Waals surface area contributed by atoms with Crippen molar-refractivity contribution in [2.45, 2.75) is 12.5 Å². The first-order valence-electron chi connectivity index (χ1n) is 7.23. The maximum Gasteiger partial charge on any atom is 0.241 e. The van der Waals surface area contributed by atoms with Crippen LogP contribution in [-0.2, 0) is 16.6 Å². The fourth-order valence-corrected chi connectivity index (χ4v) is 2.10. The van der Waals surface area contributed by atoms with Crippen LogP contribution in [0.5, 0.6) is 0 Å². The number of rotatable bonds is 7. The van der Waals surface area contributed by atoms with Crippen molar-refractivity contribution in [1.82, 2.24) is 25.4 Å². The van der Waals surface area contributed by atoms with E-state index < -0.39 is 6.04 Å². The fourth-order valence-electron chi connectivity index (χ4n) is 2.10. The number of halogens is 2. The zero-order valence-electron chi connectivity index (χ0n) is 13.9. The maximum absolute atomic E-state index is 12.2. The van der Waals surface area contributed by atoms with Crippen LogP contribution in [0.3, 0.4) is 0 Å². The predicted molar refractivity (Wildman–Crippen MR) is 100.0 cm³/mol. The lowest BCUT2D eigenvalue weighted by Gasteiger charge is -2.14. The van der Waals surface area contributed by atoms with E-state index in [1.165, 1.54) is 0 Å². The molecule has 25 heavy (non-hydrogen) atoms. The Hall–Kier alpha value is -2.16. The standard InChI is InChI=1S/C15H20N6O2.2ClH/c1-16-14(11-9-19-21(2)10-11)15(23)18-8-5-13(22)20-12-3-6-17-7-4-12;;/h3-4,6-7,9-10,14,16H,5,8H2,1-2H3,(H,18,23)(H,17,20,22);2*1H. The van der Waals surface area contributed by atoms with Crippen molar-refractivity contribution < 1.29 is 9.59 Å². The first kappa shape index (κ1) is 22.8. The molecule has 0 aliphatic heterocycles. The minimum atomic E-state index is -0.494. The monoisotopic (exact) mass is 388 g/mol. The van der Waals surface area contributed by atoms with Gasteiger partial charge in [0, 0.05) is 49.9 Å². The highest BCUT2D eigenvalue weighted by atomic mass is 35.5. The van der Waals surface area contributed by atoms with Crippen LogP contribution in [0.15, 0.2) is 36.9 Å². The second-order valence-electron chi connectivity index (χ2n) is 4.99. The van der Waals surface area contributed by atoms with Gasteiger partial charge < -0.3 is 16.0 Å². The number of aryl methyl sites for hydroxylation is 1. The lowest BCUT2D eigenvalue weighted by atomic mass is 10.1. The van der Waals surface area contributed by atoms with Gasteiger partial charge in [0.25, 0.3) is 0 Å². The molecule has 2 aromatic heterocycles. The van der Waals surface area contributed by atoms with Gasteiger partial charge in [0.1, 0.15) is 6.04 Å². The topological polar surface area (TPSA) is 101 Å². The minimum Gasteiger partial charge on any atom is -0.354 e. The van der Waals surface area contributed by atoms with E-state index in [1.54, 1.807) is 55.7 Å². The van der Waals surface area contributed by atoms with Gasteiger partial charge in [0.05, 0.1) is 6.20 Å². The van der Waals surface area contributed by atoms with Crippen LogP contribution in [0.1, 0.15) is 18.0 Å². The quantitative estimate of drug-likeness (QED) is 0.658. The third kappa shape index (κ3) is 7.08. The highest BCUT2D eigenvalue weighted by Crippen LogP contribution is 2.11. The number of nitrogens with one attached hydrogen (secondary N) is 3. The van der Waals surface area contributed by atoms with E-state index >= 15 is 0 Å². The number of anilines is 1. The lowest BCUT2D eigenvalue weighted by Crippen LogP contribution is -2.37. The summed E-state index contributed by atoms with van der Waals surface area (Å²) in [4.78, 5) is 27.8. The summed E-state index contributed by atoms with van der Waals surface area (Å²) in [6.07, 6.45) is 6.80. The van der Waals surface area contributed by atoms with Crippen molar-refractivity contribution in [2.24, 2.45) is 7.05 Å². The zero-order chi connectivity index (χ0) is 16.7. The van der Waals surface area contributed by atoms with Crippen LogP contribution in [0.2, 0.25) is 0 Å². The predicted octanol–water partition coefficient (Wildman–Crippen LogP) is 1.06. The van der Waals surface area contributed by atoms with Gasteiger partial charge in [0.15, 0.2) is 0 Å². The molecular formula is C15H22Cl2N6O2. The Morgan fingerprint density at radius 2 is 1.92 bits per heavy atom. The summed E-state index contributed by atoms with van der Waals surface area (Å²) in [5, 5.41) is 12.5. The Morgan fingerprint density at radius 1 is 1.24 bits per heavy atom. The molecule has 2 aromatic rings. The Balaban J connectivity index is 0.00000288. The van der Waals surface area contributed by atoms with Crippen LogP contribution < -0.4 is 16.0 Å². The normalized spacial score (nSPS) is 10.8. The molecule has 0 aliphatic carbocycles. The summed E-state index contributed by atoms with van der Waals surface area (Å²) in [6.45, 7) is 0.258. The Bertz CT molecular complexity index is 665. The molecule has 8 nitrogen and oxygen atoms in total. The van der Waals surface area contributed by atoms with Gasteiger partial charge in [-0.05, 0) is 19.2 Å². The van der Waals surface area contributed by atoms with Gasteiger partial charge in [0.2, 0.25) is 11.8 Å². The van der Waals surface area contributed by atoms with Crippen molar-refractivity contribution in [2.75, 3.05) is 18.9 Å². The minimum absolute atomic E-state index is 0. The third-order valence-electron chi connectivity index (χ3n) is 3.22. The number of carbonyl (C=O) groups is 2. The van der Waals surface area contributed by atoms with Crippen molar-refractivity contribution >= 4 is 42.3 Å². The SMILES string of the molecule is CNC(C(=O)NCCC(=O)Nc1ccncc1)c1cnn(C)c1.Cl.Cl. The van der Waals surface area contributed by atoms with Gasteiger partial charge in [-0.15, -0.1) is 24.8 Å². The third-order valence-corrected chi connectivity index (χ3v) is 3.22. The Kier molecular flexibility index (Phi) is 10.4. The molecule has 0 radical (unpaired) electrons. The Labute approximate surface area is 158 Å². The number of hydrogen-bond acceptors (Lipinski definition) is 5. The molecule has 0 saturated carbocycles. The zero-order valence-corrected chi connectivity index (χ0v) is 15.6. The van der Waals surface area contributed by atoms with Gasteiger partial charge in [-0.3, -0.25) is 19.3 Å². The van der Waals surface area contributed by atoms with Crippen LogP contribution in [0, 0.1) is 0 Å². The summed E-state index contributed by atoms with van der Waals surface area (Å²) in [5.74, 6) is -0.365. The Morgan fingerprint density at radius 3 is 2.48 bits per heavy atom. The number of carbonyl (C=O) groups excluding carboxylic acids is 2. The average Bonchev–Trinajstić information content (AvgIpc) is 2.95. The van der Waals surface area contributed by atoms with E-state index in [0.717, 1.165) is 5.56 Å². The number of likely N-dealkylation sites (N-methyl/N-ethyl adjacent to an activating group) is 1. The van der Waals surface area contributed by atoms with E-state index in [0.29, 0.717) is 5.69 Å². The number of amides is 2. The van der Waals surface area contributed by atoms with E-state index in [1.807, 2.05) is 0 Å². The molecule has 2 rings (SSSR count).